The minimum atomic E-state index is -0.659. The van der Waals surface area contributed by atoms with Gasteiger partial charge in [-0.05, 0) is 68.2 Å². The van der Waals surface area contributed by atoms with Crippen LogP contribution in [0.1, 0.15) is 132 Å². The maximum Gasteiger partial charge on any atom is 0.164 e. The molecule has 2 N–H and O–H groups in total. The SMILES string of the molecule is CC1(C)O[C@@H]2[C@H](O1)[C@H](CC(=S)NCCCCCCCCCCCCNC(=S)C[C@@H]1O[C@H]([C@H]3COC(C)(C)O3)[C@@H]3OC(C)(C)O[C@@H]31)O[C@@H]2[C@H]1COC(C)(C)O1. The first-order valence-electron chi connectivity index (χ1n) is 20.7. The molecule has 0 aromatic rings. The molecule has 10 atom stereocenters. The largest absolute Gasteiger partial charge is 0.380 e. The highest BCUT2D eigenvalue weighted by Crippen LogP contribution is 2.44. The lowest BCUT2D eigenvalue weighted by Gasteiger charge is -2.27. The van der Waals surface area contributed by atoms with Gasteiger partial charge in [0.05, 0.1) is 35.4 Å². The Kier molecular flexibility index (Phi) is 14.4. The predicted octanol–water partition coefficient (Wildman–Crippen LogP) is 6.38. The van der Waals surface area contributed by atoms with E-state index < -0.39 is 23.1 Å². The molecule has 0 bridgehead atoms. The number of ether oxygens (including phenoxy) is 10. The van der Waals surface area contributed by atoms with E-state index in [0.717, 1.165) is 35.9 Å². The van der Waals surface area contributed by atoms with E-state index >= 15 is 0 Å². The maximum absolute atomic E-state index is 6.45. The predicted molar refractivity (Wildman–Crippen MR) is 211 cm³/mol. The van der Waals surface area contributed by atoms with Gasteiger partial charge in [-0.2, -0.15) is 0 Å². The van der Waals surface area contributed by atoms with Crippen LogP contribution in [0.3, 0.4) is 0 Å². The van der Waals surface area contributed by atoms with Crippen LogP contribution in [-0.4, -0.2) is 120 Å². The first-order valence-corrected chi connectivity index (χ1v) is 21.5. The number of rotatable bonds is 19. The zero-order valence-electron chi connectivity index (χ0n) is 34.0. The Morgan fingerprint density at radius 1 is 0.444 bits per heavy atom. The van der Waals surface area contributed by atoms with Gasteiger partial charge in [0.2, 0.25) is 0 Å². The zero-order valence-corrected chi connectivity index (χ0v) is 35.6. The summed E-state index contributed by atoms with van der Waals surface area (Å²) < 4.78 is 61.8. The molecule has 0 aliphatic carbocycles. The number of unbranched alkanes of at least 4 members (excludes halogenated alkanes) is 9. The highest BCUT2D eigenvalue weighted by atomic mass is 32.1. The van der Waals surface area contributed by atoms with Gasteiger partial charge in [0.25, 0.3) is 0 Å². The van der Waals surface area contributed by atoms with Gasteiger partial charge in [0, 0.05) is 25.9 Å². The summed E-state index contributed by atoms with van der Waals surface area (Å²) in [6.07, 6.45) is 11.6. The van der Waals surface area contributed by atoms with E-state index in [4.69, 9.17) is 71.8 Å². The normalized spacial score (nSPS) is 37.0. The van der Waals surface area contributed by atoms with Crippen molar-refractivity contribution in [2.24, 2.45) is 0 Å². The second kappa shape index (κ2) is 18.1. The summed E-state index contributed by atoms with van der Waals surface area (Å²) in [4.78, 5) is 1.63. The molecule has 6 rings (SSSR count). The van der Waals surface area contributed by atoms with Crippen molar-refractivity contribution in [3.63, 3.8) is 0 Å². The van der Waals surface area contributed by atoms with Crippen molar-refractivity contribution in [2.75, 3.05) is 26.3 Å². The molecule has 0 spiro atoms. The summed E-state index contributed by atoms with van der Waals surface area (Å²) in [5.41, 5.74) is 0. The monoisotopic (exact) mass is 800 g/mol. The van der Waals surface area contributed by atoms with Crippen molar-refractivity contribution in [2.45, 2.75) is 217 Å². The second-order valence-electron chi connectivity index (χ2n) is 17.8. The van der Waals surface area contributed by atoms with Crippen LogP contribution in [0.25, 0.3) is 0 Å². The van der Waals surface area contributed by atoms with E-state index in [1.54, 1.807) is 0 Å². The van der Waals surface area contributed by atoms with Crippen LogP contribution in [0.5, 0.6) is 0 Å². The minimum absolute atomic E-state index is 0.172. The van der Waals surface area contributed by atoms with E-state index in [2.05, 4.69) is 10.6 Å². The molecule has 12 nitrogen and oxygen atoms in total. The Labute approximate surface area is 334 Å². The van der Waals surface area contributed by atoms with Gasteiger partial charge in [-0.25, -0.2) is 0 Å². The summed E-state index contributed by atoms with van der Waals surface area (Å²) >= 11 is 11.4. The summed E-state index contributed by atoms with van der Waals surface area (Å²) in [7, 11) is 0. The molecule has 0 saturated carbocycles. The van der Waals surface area contributed by atoms with Gasteiger partial charge in [0.1, 0.15) is 48.8 Å². The summed E-state index contributed by atoms with van der Waals surface area (Å²) in [6.45, 7) is 18.2. The molecule has 0 radical (unpaired) electrons. The van der Waals surface area contributed by atoms with Gasteiger partial charge in [0.15, 0.2) is 23.1 Å². The van der Waals surface area contributed by atoms with Crippen LogP contribution in [0.15, 0.2) is 0 Å². The molecule has 6 fully saturated rings. The van der Waals surface area contributed by atoms with Crippen LogP contribution >= 0.6 is 24.4 Å². The number of hydrogen-bond acceptors (Lipinski definition) is 12. The zero-order chi connectivity index (χ0) is 38.7. The molecule has 0 aromatic heterocycles. The standard InChI is InChI=1S/C40H68N2O10S2/c1-37(2)43-23-27(47-37)31-35-33(49-39(5,6)51-35)25(45-31)21-29(53)41-19-17-15-13-11-9-10-12-14-16-18-20-42-30(54)22-26-34-36(52-40(7,8)50-34)32(46-26)28-24-44-38(3,4)48-28/h25-28,31-36H,9-24H2,1-8H3,(H,41,53)(H,42,54)/t25-,26-,27+,28+,31+,32+,33+,34+,35-,36-/m0/s1. The number of nitrogens with one attached hydrogen (secondary N) is 2. The van der Waals surface area contributed by atoms with E-state index in [9.17, 15) is 0 Å². The molecular weight excluding hydrogens is 733 g/mol. The summed E-state index contributed by atoms with van der Waals surface area (Å²) in [5, 5.41) is 6.91. The van der Waals surface area contributed by atoms with E-state index in [-0.39, 0.29) is 61.0 Å². The van der Waals surface area contributed by atoms with Crippen molar-refractivity contribution in [3.05, 3.63) is 0 Å². The first kappa shape index (κ1) is 43.0. The van der Waals surface area contributed by atoms with Crippen molar-refractivity contribution in [1.82, 2.24) is 10.6 Å². The number of hydrogen-bond donors (Lipinski definition) is 2. The van der Waals surface area contributed by atoms with E-state index in [1.165, 1.54) is 51.4 Å². The second-order valence-corrected chi connectivity index (χ2v) is 18.8. The molecule has 6 aliphatic rings. The molecular formula is C40H68N2O10S2. The third-order valence-electron chi connectivity index (χ3n) is 11.2. The van der Waals surface area contributed by atoms with E-state index in [0.29, 0.717) is 26.1 Å². The Morgan fingerprint density at radius 2 is 0.778 bits per heavy atom. The number of thiocarbonyl (C=S) groups is 2. The first-order chi connectivity index (χ1) is 25.5. The lowest BCUT2D eigenvalue weighted by Crippen LogP contribution is -2.40. The molecule has 0 unspecified atom stereocenters. The van der Waals surface area contributed by atoms with Crippen LogP contribution in [0.2, 0.25) is 0 Å². The smallest absolute Gasteiger partial charge is 0.164 e. The van der Waals surface area contributed by atoms with Gasteiger partial charge in [-0.1, -0.05) is 75.8 Å². The van der Waals surface area contributed by atoms with Gasteiger partial charge >= 0.3 is 0 Å². The Morgan fingerprint density at radius 3 is 1.11 bits per heavy atom. The van der Waals surface area contributed by atoms with Crippen molar-refractivity contribution >= 4 is 34.4 Å². The van der Waals surface area contributed by atoms with Crippen molar-refractivity contribution in [3.8, 4) is 0 Å². The van der Waals surface area contributed by atoms with E-state index in [1.807, 2.05) is 55.4 Å². The molecule has 54 heavy (non-hydrogen) atoms. The molecule has 310 valence electrons. The highest BCUT2D eigenvalue weighted by Gasteiger charge is 2.60. The fourth-order valence-electron chi connectivity index (χ4n) is 8.74. The summed E-state index contributed by atoms with van der Waals surface area (Å²) in [6, 6.07) is 0. The van der Waals surface area contributed by atoms with Gasteiger partial charge in [-0.15, -0.1) is 0 Å². The topological polar surface area (TPSA) is 116 Å². The lowest BCUT2D eigenvalue weighted by molar-refractivity contribution is -0.206. The molecule has 0 amide bonds. The third kappa shape index (κ3) is 11.5. The quantitative estimate of drug-likeness (QED) is 0.111. The van der Waals surface area contributed by atoms with Crippen LogP contribution in [0, 0.1) is 0 Å². The Balaban J connectivity index is 0.754. The lowest BCUT2D eigenvalue weighted by atomic mass is 10.0. The van der Waals surface area contributed by atoms with Crippen LogP contribution < -0.4 is 10.6 Å². The third-order valence-corrected chi connectivity index (χ3v) is 11.8. The Bertz CT molecular complexity index is 1170. The fraction of sp³-hybridized carbons (Fsp3) is 0.950. The molecule has 14 heteroatoms. The van der Waals surface area contributed by atoms with Crippen molar-refractivity contribution < 1.29 is 47.4 Å². The van der Waals surface area contributed by atoms with Crippen LogP contribution in [0.4, 0.5) is 0 Å². The fourth-order valence-corrected chi connectivity index (χ4v) is 9.27. The van der Waals surface area contributed by atoms with Gasteiger partial charge < -0.3 is 58.0 Å². The average molecular weight is 801 g/mol. The maximum atomic E-state index is 6.45. The highest BCUT2D eigenvalue weighted by molar-refractivity contribution is 7.80. The minimum Gasteiger partial charge on any atom is -0.380 e. The molecule has 0 aromatic carbocycles. The van der Waals surface area contributed by atoms with Gasteiger partial charge in [-0.3, -0.25) is 0 Å². The average Bonchev–Trinajstić information content (AvgIpc) is 3.90. The van der Waals surface area contributed by atoms with Crippen molar-refractivity contribution in [1.29, 1.82) is 0 Å². The van der Waals surface area contributed by atoms with Crippen LogP contribution in [-0.2, 0) is 47.4 Å². The number of fused-ring (bicyclic) bond motifs is 2. The Hall–Kier alpha value is -0.620. The molecule has 6 heterocycles. The molecule has 6 saturated heterocycles. The molecule has 6 aliphatic heterocycles. The summed E-state index contributed by atoms with van der Waals surface area (Å²) in [5.74, 6) is -2.56.